The highest BCUT2D eigenvalue weighted by Crippen LogP contribution is 2.35. The van der Waals surface area contributed by atoms with E-state index in [0.29, 0.717) is 18.3 Å². The van der Waals surface area contributed by atoms with E-state index in [9.17, 15) is 4.79 Å². The van der Waals surface area contributed by atoms with Crippen LogP contribution in [0.15, 0.2) is 24.3 Å². The quantitative estimate of drug-likeness (QED) is 0.776. The Labute approximate surface area is 95.6 Å². The first-order valence-electron chi connectivity index (χ1n) is 6.06. The maximum Gasteiger partial charge on any atom is 0.139 e. The summed E-state index contributed by atoms with van der Waals surface area (Å²) >= 11 is 0. The molecule has 2 nitrogen and oxygen atoms in total. The molecule has 0 aromatic heterocycles. The maximum atomic E-state index is 12.0. The molecule has 0 spiro atoms. The first kappa shape index (κ1) is 9.88. The zero-order valence-corrected chi connectivity index (χ0v) is 9.32. The Hall–Kier alpha value is -1.31. The van der Waals surface area contributed by atoms with Crippen LogP contribution in [-0.2, 0) is 11.2 Å². The fourth-order valence-electron chi connectivity index (χ4n) is 2.31. The van der Waals surface area contributed by atoms with Crippen LogP contribution in [0.3, 0.4) is 0 Å². The summed E-state index contributed by atoms with van der Waals surface area (Å²) in [6.45, 7) is 0.572. The topological polar surface area (TPSA) is 26.3 Å². The SMILES string of the molecule is O=C(CC1CC1)C1COc2ccccc2C1. The third-order valence-electron chi connectivity index (χ3n) is 3.52. The predicted octanol–water partition coefficient (Wildman–Crippen LogP) is 2.61. The fourth-order valence-corrected chi connectivity index (χ4v) is 2.31. The van der Waals surface area contributed by atoms with Crippen molar-refractivity contribution in [1.82, 2.24) is 0 Å². The van der Waals surface area contributed by atoms with E-state index in [2.05, 4.69) is 6.07 Å². The minimum atomic E-state index is 0.0931. The molecule has 1 saturated carbocycles. The number of para-hydroxylation sites is 1. The van der Waals surface area contributed by atoms with Gasteiger partial charge in [-0.25, -0.2) is 0 Å². The average Bonchev–Trinajstić information content (AvgIpc) is 3.12. The number of rotatable bonds is 3. The highest BCUT2D eigenvalue weighted by Gasteiger charge is 2.30. The van der Waals surface area contributed by atoms with Gasteiger partial charge < -0.3 is 4.74 Å². The summed E-state index contributed by atoms with van der Waals surface area (Å²) in [4.78, 5) is 12.0. The van der Waals surface area contributed by atoms with Gasteiger partial charge in [0.15, 0.2) is 0 Å². The van der Waals surface area contributed by atoms with Crippen LogP contribution in [-0.4, -0.2) is 12.4 Å². The molecule has 1 heterocycles. The summed E-state index contributed by atoms with van der Waals surface area (Å²) in [5.41, 5.74) is 1.18. The van der Waals surface area contributed by atoms with E-state index < -0.39 is 0 Å². The lowest BCUT2D eigenvalue weighted by Crippen LogP contribution is -2.28. The molecule has 0 bridgehead atoms. The molecule has 1 unspecified atom stereocenters. The van der Waals surface area contributed by atoms with Crippen LogP contribution in [0.25, 0.3) is 0 Å². The Bertz CT molecular complexity index is 407. The highest BCUT2D eigenvalue weighted by atomic mass is 16.5. The van der Waals surface area contributed by atoms with Crippen molar-refractivity contribution in [2.75, 3.05) is 6.61 Å². The Kier molecular flexibility index (Phi) is 2.43. The van der Waals surface area contributed by atoms with E-state index in [-0.39, 0.29) is 5.92 Å². The van der Waals surface area contributed by atoms with Crippen molar-refractivity contribution in [1.29, 1.82) is 0 Å². The number of carbonyl (C=O) groups is 1. The van der Waals surface area contributed by atoms with Gasteiger partial charge in [-0.3, -0.25) is 4.79 Å². The Morgan fingerprint density at radius 1 is 1.31 bits per heavy atom. The second-order valence-corrected chi connectivity index (χ2v) is 4.93. The number of fused-ring (bicyclic) bond motifs is 1. The summed E-state index contributed by atoms with van der Waals surface area (Å²) in [5.74, 6) is 2.13. The van der Waals surface area contributed by atoms with Gasteiger partial charge in [-0.05, 0) is 36.8 Å². The summed E-state index contributed by atoms with van der Waals surface area (Å²) in [6.07, 6.45) is 4.13. The molecule has 1 aromatic carbocycles. The zero-order chi connectivity index (χ0) is 11.0. The van der Waals surface area contributed by atoms with Crippen molar-refractivity contribution in [3.63, 3.8) is 0 Å². The minimum Gasteiger partial charge on any atom is -0.493 e. The molecule has 3 rings (SSSR count). The number of hydrogen-bond donors (Lipinski definition) is 0. The standard InChI is InChI=1S/C14H16O2/c15-13(7-10-5-6-10)12-8-11-3-1-2-4-14(11)16-9-12/h1-4,10,12H,5-9H2. The normalized spacial score (nSPS) is 23.4. The predicted molar refractivity (Wildman–Crippen MR) is 61.5 cm³/mol. The van der Waals surface area contributed by atoms with Crippen molar-refractivity contribution in [3.05, 3.63) is 29.8 Å². The van der Waals surface area contributed by atoms with Crippen LogP contribution in [0, 0.1) is 11.8 Å². The molecule has 1 aliphatic carbocycles. The summed E-state index contributed by atoms with van der Waals surface area (Å²) in [6, 6.07) is 8.03. The van der Waals surface area contributed by atoms with Crippen LogP contribution in [0.2, 0.25) is 0 Å². The van der Waals surface area contributed by atoms with Gasteiger partial charge in [0.25, 0.3) is 0 Å². The Balaban J connectivity index is 1.69. The zero-order valence-electron chi connectivity index (χ0n) is 9.32. The Morgan fingerprint density at radius 3 is 2.94 bits per heavy atom. The molecular weight excluding hydrogens is 200 g/mol. The number of ether oxygens (including phenoxy) is 1. The number of ketones is 1. The van der Waals surface area contributed by atoms with E-state index in [1.807, 2.05) is 18.2 Å². The van der Waals surface area contributed by atoms with Gasteiger partial charge in [0.2, 0.25) is 0 Å². The molecular formula is C14H16O2. The molecule has 1 aromatic rings. The first-order valence-corrected chi connectivity index (χ1v) is 6.06. The van der Waals surface area contributed by atoms with Gasteiger partial charge in [0.05, 0.1) is 12.5 Å². The number of Topliss-reactive ketones (excluding diaryl/α,β-unsaturated/α-hetero) is 1. The third kappa shape index (κ3) is 1.97. The second kappa shape index (κ2) is 3.93. The van der Waals surface area contributed by atoms with Gasteiger partial charge in [-0.1, -0.05) is 18.2 Å². The van der Waals surface area contributed by atoms with Crippen molar-refractivity contribution in [2.45, 2.75) is 25.7 Å². The van der Waals surface area contributed by atoms with Crippen molar-refractivity contribution in [3.8, 4) is 5.75 Å². The van der Waals surface area contributed by atoms with Crippen LogP contribution in [0.4, 0.5) is 0 Å². The summed E-state index contributed by atoms with van der Waals surface area (Å²) < 4.78 is 5.64. The lowest BCUT2D eigenvalue weighted by Gasteiger charge is -2.24. The van der Waals surface area contributed by atoms with Crippen molar-refractivity contribution >= 4 is 5.78 Å². The van der Waals surface area contributed by atoms with Gasteiger partial charge in [-0.2, -0.15) is 0 Å². The van der Waals surface area contributed by atoms with Crippen LogP contribution in [0.1, 0.15) is 24.8 Å². The van der Waals surface area contributed by atoms with Crippen molar-refractivity contribution in [2.24, 2.45) is 11.8 Å². The summed E-state index contributed by atoms with van der Waals surface area (Å²) in [5, 5.41) is 0. The van der Waals surface area contributed by atoms with E-state index in [1.54, 1.807) is 0 Å². The molecule has 84 valence electrons. The van der Waals surface area contributed by atoms with E-state index in [4.69, 9.17) is 4.74 Å². The molecule has 16 heavy (non-hydrogen) atoms. The van der Waals surface area contributed by atoms with Crippen LogP contribution in [0.5, 0.6) is 5.75 Å². The summed E-state index contributed by atoms with van der Waals surface area (Å²) in [7, 11) is 0. The fraction of sp³-hybridized carbons (Fsp3) is 0.500. The molecule has 0 N–H and O–H groups in total. The lowest BCUT2D eigenvalue weighted by molar-refractivity contribution is -0.124. The Morgan fingerprint density at radius 2 is 2.12 bits per heavy atom. The minimum absolute atomic E-state index is 0.0931. The van der Waals surface area contributed by atoms with E-state index >= 15 is 0 Å². The van der Waals surface area contributed by atoms with Gasteiger partial charge in [-0.15, -0.1) is 0 Å². The van der Waals surface area contributed by atoms with Gasteiger partial charge in [0, 0.05) is 6.42 Å². The highest BCUT2D eigenvalue weighted by molar-refractivity contribution is 5.82. The maximum absolute atomic E-state index is 12.0. The largest absolute Gasteiger partial charge is 0.493 e. The molecule has 0 radical (unpaired) electrons. The molecule has 1 aliphatic heterocycles. The van der Waals surface area contributed by atoms with Gasteiger partial charge >= 0.3 is 0 Å². The first-order chi connectivity index (χ1) is 7.83. The molecule has 1 fully saturated rings. The average molecular weight is 216 g/mol. The van der Waals surface area contributed by atoms with Gasteiger partial charge in [0.1, 0.15) is 11.5 Å². The van der Waals surface area contributed by atoms with Crippen molar-refractivity contribution < 1.29 is 9.53 Å². The molecule has 2 aliphatic rings. The number of hydrogen-bond acceptors (Lipinski definition) is 2. The molecule has 0 amide bonds. The monoisotopic (exact) mass is 216 g/mol. The molecule has 2 heteroatoms. The smallest absolute Gasteiger partial charge is 0.139 e. The van der Waals surface area contributed by atoms with Crippen LogP contribution < -0.4 is 4.74 Å². The lowest BCUT2D eigenvalue weighted by atomic mass is 9.91. The van der Waals surface area contributed by atoms with E-state index in [1.165, 1.54) is 18.4 Å². The number of carbonyl (C=O) groups excluding carboxylic acids is 1. The molecule has 0 saturated heterocycles. The van der Waals surface area contributed by atoms with E-state index in [0.717, 1.165) is 18.6 Å². The molecule has 1 atom stereocenters. The second-order valence-electron chi connectivity index (χ2n) is 4.93. The van der Waals surface area contributed by atoms with Crippen LogP contribution >= 0.6 is 0 Å². The number of benzene rings is 1. The third-order valence-corrected chi connectivity index (χ3v) is 3.52.